The number of fused-ring (bicyclic) bond motifs is 1. The van der Waals surface area contributed by atoms with Crippen molar-refractivity contribution >= 4 is 17.2 Å². The Balaban J connectivity index is 1.90. The van der Waals surface area contributed by atoms with Gasteiger partial charge in [-0.2, -0.15) is 0 Å². The molecule has 100 valence electrons. The Hall–Kier alpha value is -0.870. The Morgan fingerprint density at radius 3 is 3.11 bits per heavy atom. The topological polar surface area (TPSA) is 32.3 Å². The van der Waals surface area contributed by atoms with Crippen LogP contribution in [-0.4, -0.2) is 30.4 Å². The van der Waals surface area contributed by atoms with Gasteiger partial charge in [-0.15, -0.1) is 11.3 Å². The zero-order valence-electron chi connectivity index (χ0n) is 11.4. The number of nitrogens with one attached hydrogen (secondary N) is 1. The molecular formula is C14H22N2OS. The van der Waals surface area contributed by atoms with Gasteiger partial charge in [0.15, 0.2) is 0 Å². The van der Waals surface area contributed by atoms with Crippen molar-refractivity contribution in [3.63, 3.8) is 0 Å². The minimum absolute atomic E-state index is 0.147. The minimum Gasteiger partial charge on any atom is -0.355 e. The van der Waals surface area contributed by atoms with Crippen molar-refractivity contribution in [2.45, 2.75) is 33.2 Å². The van der Waals surface area contributed by atoms with E-state index in [0.29, 0.717) is 18.5 Å². The molecule has 3 nitrogen and oxygen atoms in total. The molecule has 0 saturated heterocycles. The molecule has 0 saturated carbocycles. The predicted molar refractivity (Wildman–Crippen MR) is 75.9 cm³/mol. The molecule has 4 heteroatoms. The van der Waals surface area contributed by atoms with Crippen molar-refractivity contribution in [3.05, 3.63) is 21.9 Å². The molecule has 1 aliphatic rings. The molecule has 0 fully saturated rings. The molecule has 1 atom stereocenters. The molecule has 0 spiro atoms. The molecule has 2 heterocycles. The maximum absolute atomic E-state index is 11.9. The van der Waals surface area contributed by atoms with Crippen molar-refractivity contribution in [2.24, 2.45) is 5.92 Å². The summed E-state index contributed by atoms with van der Waals surface area (Å²) in [5, 5.41) is 5.15. The van der Waals surface area contributed by atoms with Gasteiger partial charge >= 0.3 is 0 Å². The Morgan fingerprint density at radius 1 is 1.61 bits per heavy atom. The monoisotopic (exact) mass is 266 g/mol. The number of carbonyl (C=O) groups is 1. The average Bonchev–Trinajstić information content (AvgIpc) is 2.79. The van der Waals surface area contributed by atoms with Crippen LogP contribution in [0, 0.1) is 5.92 Å². The van der Waals surface area contributed by atoms with Crippen LogP contribution in [-0.2, 0) is 11.2 Å². The van der Waals surface area contributed by atoms with E-state index in [2.05, 4.69) is 42.4 Å². The molecule has 1 aromatic rings. The van der Waals surface area contributed by atoms with Crippen LogP contribution in [0.2, 0.25) is 0 Å². The molecule has 0 radical (unpaired) electrons. The smallest absolute Gasteiger partial charge is 0.234 e. The summed E-state index contributed by atoms with van der Waals surface area (Å²) in [7, 11) is 0. The summed E-state index contributed by atoms with van der Waals surface area (Å²) in [6.45, 7) is 8.70. The zero-order chi connectivity index (χ0) is 13.1. The number of thiophene rings is 1. The molecule has 0 aliphatic carbocycles. The lowest BCUT2D eigenvalue weighted by Gasteiger charge is -2.33. The van der Waals surface area contributed by atoms with Crippen molar-refractivity contribution in [3.8, 4) is 0 Å². The molecular weight excluding hydrogens is 244 g/mol. The highest BCUT2D eigenvalue weighted by molar-refractivity contribution is 7.10. The van der Waals surface area contributed by atoms with Gasteiger partial charge in [-0.25, -0.2) is 0 Å². The average molecular weight is 266 g/mol. The fraction of sp³-hybridized carbons (Fsp3) is 0.643. The van der Waals surface area contributed by atoms with Gasteiger partial charge in [-0.05, 0) is 36.3 Å². The third kappa shape index (κ3) is 3.12. The van der Waals surface area contributed by atoms with Crippen molar-refractivity contribution in [1.82, 2.24) is 10.2 Å². The maximum atomic E-state index is 11.9. The van der Waals surface area contributed by atoms with Gasteiger partial charge in [0.25, 0.3) is 0 Å². The SMILES string of the molecule is CC(C)CNC(=O)CN1CCc2sccc2[C@H]1C. The highest BCUT2D eigenvalue weighted by Crippen LogP contribution is 2.32. The second-order valence-electron chi connectivity index (χ2n) is 5.39. The number of amides is 1. The van der Waals surface area contributed by atoms with Crippen LogP contribution in [0.1, 0.15) is 37.3 Å². The molecule has 1 N–H and O–H groups in total. The van der Waals surface area contributed by atoms with E-state index in [1.54, 1.807) is 0 Å². The highest BCUT2D eigenvalue weighted by atomic mass is 32.1. The maximum Gasteiger partial charge on any atom is 0.234 e. The number of hydrogen-bond acceptors (Lipinski definition) is 3. The summed E-state index contributed by atoms with van der Waals surface area (Å²) in [5.41, 5.74) is 1.41. The van der Waals surface area contributed by atoms with Crippen LogP contribution in [0.5, 0.6) is 0 Å². The third-order valence-electron chi connectivity index (χ3n) is 3.46. The molecule has 1 aliphatic heterocycles. The summed E-state index contributed by atoms with van der Waals surface area (Å²) >= 11 is 1.84. The van der Waals surface area contributed by atoms with Crippen LogP contribution < -0.4 is 5.32 Å². The molecule has 0 bridgehead atoms. The molecule has 1 aromatic heterocycles. The summed E-state index contributed by atoms with van der Waals surface area (Å²) < 4.78 is 0. The summed E-state index contributed by atoms with van der Waals surface area (Å²) in [6.07, 6.45) is 1.08. The number of nitrogens with zero attached hydrogens (tertiary/aromatic N) is 1. The largest absolute Gasteiger partial charge is 0.355 e. The van der Waals surface area contributed by atoms with Crippen LogP contribution in [0.15, 0.2) is 11.4 Å². The zero-order valence-corrected chi connectivity index (χ0v) is 12.2. The predicted octanol–water partition coefficient (Wildman–Crippen LogP) is 2.44. The summed E-state index contributed by atoms with van der Waals surface area (Å²) in [5.74, 6) is 0.658. The van der Waals surface area contributed by atoms with Gasteiger partial charge in [0.1, 0.15) is 0 Å². The van der Waals surface area contributed by atoms with Gasteiger partial charge in [0.05, 0.1) is 6.54 Å². The Morgan fingerprint density at radius 2 is 2.39 bits per heavy atom. The lowest BCUT2D eigenvalue weighted by atomic mass is 10.0. The highest BCUT2D eigenvalue weighted by Gasteiger charge is 2.25. The number of hydrogen-bond donors (Lipinski definition) is 1. The Kier molecular flexibility index (Phi) is 4.40. The van der Waals surface area contributed by atoms with E-state index in [-0.39, 0.29) is 5.91 Å². The fourth-order valence-electron chi connectivity index (χ4n) is 2.34. The first-order valence-corrected chi connectivity index (χ1v) is 7.53. The van der Waals surface area contributed by atoms with Crippen LogP contribution in [0.25, 0.3) is 0 Å². The second-order valence-corrected chi connectivity index (χ2v) is 6.39. The van der Waals surface area contributed by atoms with E-state index in [0.717, 1.165) is 19.5 Å². The van der Waals surface area contributed by atoms with E-state index >= 15 is 0 Å². The van der Waals surface area contributed by atoms with Gasteiger partial charge < -0.3 is 5.32 Å². The minimum atomic E-state index is 0.147. The van der Waals surface area contributed by atoms with Crippen molar-refractivity contribution < 1.29 is 4.79 Å². The standard InChI is InChI=1S/C14H22N2OS/c1-10(2)8-15-14(17)9-16-6-4-13-12(11(16)3)5-7-18-13/h5,7,10-11H,4,6,8-9H2,1-3H3,(H,15,17)/t11-/m1/s1. The fourth-order valence-corrected chi connectivity index (χ4v) is 3.30. The summed E-state index contributed by atoms with van der Waals surface area (Å²) in [6, 6.07) is 2.56. The lowest BCUT2D eigenvalue weighted by Crippen LogP contribution is -2.42. The van der Waals surface area contributed by atoms with Gasteiger partial charge in [0.2, 0.25) is 5.91 Å². The van der Waals surface area contributed by atoms with E-state index in [1.165, 1.54) is 10.4 Å². The summed E-state index contributed by atoms with van der Waals surface area (Å²) in [4.78, 5) is 15.6. The van der Waals surface area contributed by atoms with Crippen molar-refractivity contribution in [1.29, 1.82) is 0 Å². The first-order valence-electron chi connectivity index (χ1n) is 6.65. The normalized spacial score (nSPS) is 19.9. The Bertz CT molecular complexity index is 414. The van der Waals surface area contributed by atoms with E-state index in [1.807, 2.05) is 11.3 Å². The second kappa shape index (κ2) is 5.85. The number of carbonyl (C=O) groups excluding carboxylic acids is 1. The van der Waals surface area contributed by atoms with Gasteiger partial charge in [0, 0.05) is 24.0 Å². The van der Waals surface area contributed by atoms with E-state index < -0.39 is 0 Å². The Labute approximate surface area is 113 Å². The molecule has 2 rings (SSSR count). The first kappa shape index (κ1) is 13.6. The van der Waals surface area contributed by atoms with Crippen LogP contribution in [0.4, 0.5) is 0 Å². The van der Waals surface area contributed by atoms with E-state index in [9.17, 15) is 4.79 Å². The van der Waals surface area contributed by atoms with E-state index in [4.69, 9.17) is 0 Å². The van der Waals surface area contributed by atoms with Crippen LogP contribution >= 0.6 is 11.3 Å². The third-order valence-corrected chi connectivity index (χ3v) is 4.45. The molecule has 0 unspecified atom stereocenters. The van der Waals surface area contributed by atoms with Gasteiger partial charge in [-0.3, -0.25) is 9.69 Å². The van der Waals surface area contributed by atoms with Crippen LogP contribution in [0.3, 0.4) is 0 Å². The first-order chi connectivity index (χ1) is 8.58. The van der Waals surface area contributed by atoms with Crippen molar-refractivity contribution in [2.75, 3.05) is 19.6 Å². The molecule has 1 amide bonds. The quantitative estimate of drug-likeness (QED) is 0.908. The lowest BCUT2D eigenvalue weighted by molar-refractivity contribution is -0.123. The molecule has 18 heavy (non-hydrogen) atoms. The molecule has 0 aromatic carbocycles. The number of rotatable bonds is 4. The van der Waals surface area contributed by atoms with Gasteiger partial charge in [-0.1, -0.05) is 13.8 Å².